The molecule has 1 heterocycles. The number of carbonyl (C=O) groups is 1. The molecule has 1 saturated heterocycles. The van der Waals surface area contributed by atoms with Crippen molar-refractivity contribution in [3.8, 4) is 0 Å². The summed E-state index contributed by atoms with van der Waals surface area (Å²) in [4.78, 5) is 11.1. The van der Waals surface area contributed by atoms with Crippen molar-refractivity contribution in [2.45, 2.75) is 13.1 Å². The maximum Gasteiger partial charge on any atom is 0.237 e. The predicted molar refractivity (Wildman–Crippen MR) is 54.4 cm³/mol. The molecule has 74 valence electrons. The Morgan fingerprint density at radius 1 is 1.43 bits per heavy atom. The van der Waals surface area contributed by atoms with Crippen LogP contribution in [0.4, 0.5) is 5.69 Å². The van der Waals surface area contributed by atoms with Crippen molar-refractivity contribution < 1.29 is 4.79 Å². The maximum atomic E-state index is 11.1. The normalized spacial score (nSPS) is 22.1. The number of para-hydroxylation sites is 1. The van der Waals surface area contributed by atoms with E-state index in [4.69, 9.17) is 0 Å². The maximum absolute atomic E-state index is 11.1. The van der Waals surface area contributed by atoms with Crippen molar-refractivity contribution in [1.82, 2.24) is 10.3 Å². The Kier molecular flexibility index (Phi) is 2.37. The van der Waals surface area contributed by atoms with E-state index in [1.807, 2.05) is 42.3 Å². The average molecular weight is 191 g/mol. The Morgan fingerprint density at radius 2 is 2.14 bits per heavy atom. The predicted octanol–water partition coefficient (Wildman–Crippen LogP) is 0.791. The summed E-state index contributed by atoms with van der Waals surface area (Å²) in [5, 5.41) is 4.68. The first-order valence-electron chi connectivity index (χ1n) is 4.63. The number of benzene rings is 1. The molecule has 1 amide bonds. The number of anilines is 1. The molecule has 2 N–H and O–H groups in total. The number of hydrogen-bond acceptors (Lipinski definition) is 3. The minimum Gasteiger partial charge on any atom is -0.338 e. The quantitative estimate of drug-likeness (QED) is 0.726. The van der Waals surface area contributed by atoms with E-state index in [9.17, 15) is 4.79 Å². The van der Waals surface area contributed by atoms with Gasteiger partial charge in [-0.1, -0.05) is 18.2 Å². The minimum absolute atomic E-state index is 0.0442. The molecule has 1 unspecified atom stereocenters. The molecule has 1 aromatic carbocycles. The van der Waals surface area contributed by atoms with E-state index in [0.29, 0.717) is 6.54 Å². The zero-order chi connectivity index (χ0) is 9.97. The first-order valence-corrected chi connectivity index (χ1v) is 4.63. The van der Waals surface area contributed by atoms with E-state index in [1.54, 1.807) is 0 Å². The fraction of sp³-hybridized carbons (Fsp3) is 0.300. The van der Waals surface area contributed by atoms with Gasteiger partial charge < -0.3 is 10.7 Å². The smallest absolute Gasteiger partial charge is 0.237 e. The summed E-state index contributed by atoms with van der Waals surface area (Å²) >= 11 is 0. The van der Waals surface area contributed by atoms with Gasteiger partial charge in [-0.25, -0.2) is 0 Å². The molecule has 2 rings (SSSR count). The second-order valence-electron chi connectivity index (χ2n) is 3.35. The van der Waals surface area contributed by atoms with Crippen LogP contribution in [0.25, 0.3) is 0 Å². The van der Waals surface area contributed by atoms with Crippen molar-refractivity contribution in [3.63, 3.8) is 0 Å². The van der Waals surface area contributed by atoms with Gasteiger partial charge in [-0.2, -0.15) is 5.01 Å². The molecular formula is C10H13N3O. The number of rotatable bonds is 2. The number of nitrogens with zero attached hydrogens (tertiary/aromatic N) is 1. The molecule has 0 aliphatic carbocycles. The molecule has 1 aliphatic rings. The van der Waals surface area contributed by atoms with Gasteiger partial charge in [-0.3, -0.25) is 4.79 Å². The molecule has 0 spiro atoms. The zero-order valence-electron chi connectivity index (χ0n) is 8.03. The highest BCUT2D eigenvalue weighted by atomic mass is 16.2. The third kappa shape index (κ3) is 1.85. The van der Waals surface area contributed by atoms with Gasteiger partial charge in [0.25, 0.3) is 0 Å². The van der Waals surface area contributed by atoms with Crippen LogP contribution in [-0.2, 0) is 4.79 Å². The third-order valence-electron chi connectivity index (χ3n) is 2.20. The molecular weight excluding hydrogens is 178 g/mol. The van der Waals surface area contributed by atoms with E-state index in [2.05, 4.69) is 10.7 Å². The van der Waals surface area contributed by atoms with Gasteiger partial charge in [0.2, 0.25) is 5.91 Å². The first kappa shape index (κ1) is 9.02. The van der Waals surface area contributed by atoms with Crippen molar-refractivity contribution >= 4 is 11.6 Å². The standard InChI is InChI=1S/C10H13N3O/c1-8-11-10(14)7-13(8)12-9-5-3-2-4-6-9/h2-6,8,12H,7H2,1H3,(H,11,14). The van der Waals surface area contributed by atoms with E-state index in [1.165, 1.54) is 0 Å². The van der Waals surface area contributed by atoms with Gasteiger partial charge in [0.1, 0.15) is 0 Å². The molecule has 1 aliphatic heterocycles. The zero-order valence-corrected chi connectivity index (χ0v) is 8.03. The monoisotopic (exact) mass is 191 g/mol. The van der Waals surface area contributed by atoms with Gasteiger partial charge >= 0.3 is 0 Å². The van der Waals surface area contributed by atoms with Crippen LogP contribution in [0.1, 0.15) is 6.92 Å². The second kappa shape index (κ2) is 3.67. The Labute approximate surface area is 82.9 Å². The Balaban J connectivity index is 2.02. The molecule has 4 heteroatoms. The lowest BCUT2D eigenvalue weighted by Crippen LogP contribution is -2.37. The van der Waals surface area contributed by atoms with E-state index >= 15 is 0 Å². The van der Waals surface area contributed by atoms with Gasteiger partial charge in [0.15, 0.2) is 0 Å². The van der Waals surface area contributed by atoms with Crippen LogP contribution in [0.15, 0.2) is 30.3 Å². The summed E-state index contributed by atoms with van der Waals surface area (Å²) < 4.78 is 0. The van der Waals surface area contributed by atoms with Crippen LogP contribution >= 0.6 is 0 Å². The topological polar surface area (TPSA) is 44.4 Å². The van der Waals surface area contributed by atoms with Gasteiger partial charge in [-0.15, -0.1) is 0 Å². The van der Waals surface area contributed by atoms with Crippen LogP contribution in [0.3, 0.4) is 0 Å². The Morgan fingerprint density at radius 3 is 2.71 bits per heavy atom. The lowest BCUT2D eigenvalue weighted by molar-refractivity contribution is -0.118. The number of hydrazine groups is 1. The largest absolute Gasteiger partial charge is 0.338 e. The van der Waals surface area contributed by atoms with Crippen molar-refractivity contribution in [2.75, 3.05) is 12.0 Å². The molecule has 0 aromatic heterocycles. The minimum atomic E-state index is 0.0442. The lowest BCUT2D eigenvalue weighted by Gasteiger charge is -2.21. The summed E-state index contributed by atoms with van der Waals surface area (Å²) in [5.41, 5.74) is 4.17. The molecule has 4 nitrogen and oxygen atoms in total. The summed E-state index contributed by atoms with van der Waals surface area (Å²) in [5.74, 6) is 0.0564. The van der Waals surface area contributed by atoms with Crippen LogP contribution in [0.2, 0.25) is 0 Å². The summed E-state index contributed by atoms with van der Waals surface area (Å²) in [6.45, 7) is 2.34. The summed E-state index contributed by atoms with van der Waals surface area (Å²) in [6, 6.07) is 9.81. The number of hydrogen-bond donors (Lipinski definition) is 2. The van der Waals surface area contributed by atoms with Crippen LogP contribution in [0.5, 0.6) is 0 Å². The van der Waals surface area contributed by atoms with E-state index in [0.717, 1.165) is 5.69 Å². The Hall–Kier alpha value is -1.55. The summed E-state index contributed by atoms with van der Waals surface area (Å²) in [6.07, 6.45) is 0.0442. The molecule has 0 bridgehead atoms. The number of nitrogens with one attached hydrogen (secondary N) is 2. The van der Waals surface area contributed by atoms with Crippen LogP contribution in [-0.4, -0.2) is 23.6 Å². The Bertz CT molecular complexity index is 325. The summed E-state index contributed by atoms with van der Waals surface area (Å²) in [7, 11) is 0. The molecule has 14 heavy (non-hydrogen) atoms. The highest BCUT2D eigenvalue weighted by Crippen LogP contribution is 2.10. The van der Waals surface area contributed by atoms with E-state index < -0.39 is 0 Å². The fourth-order valence-corrected chi connectivity index (χ4v) is 1.46. The van der Waals surface area contributed by atoms with Gasteiger partial charge in [-0.05, 0) is 19.1 Å². The highest BCUT2D eigenvalue weighted by Gasteiger charge is 2.25. The third-order valence-corrected chi connectivity index (χ3v) is 2.20. The number of amides is 1. The van der Waals surface area contributed by atoms with E-state index in [-0.39, 0.29) is 12.1 Å². The molecule has 1 aromatic rings. The molecule has 1 atom stereocenters. The van der Waals surface area contributed by atoms with Crippen molar-refractivity contribution in [1.29, 1.82) is 0 Å². The lowest BCUT2D eigenvalue weighted by atomic mass is 10.3. The first-order chi connectivity index (χ1) is 6.75. The van der Waals surface area contributed by atoms with Gasteiger partial charge in [0.05, 0.1) is 12.7 Å². The second-order valence-corrected chi connectivity index (χ2v) is 3.35. The molecule has 1 fully saturated rings. The SMILES string of the molecule is CC1NC(=O)CN1Nc1ccccc1. The molecule has 0 radical (unpaired) electrons. The number of carbonyl (C=O) groups excluding carboxylic acids is 1. The van der Waals surface area contributed by atoms with Gasteiger partial charge in [0, 0.05) is 5.69 Å². The molecule has 0 saturated carbocycles. The van der Waals surface area contributed by atoms with Crippen molar-refractivity contribution in [2.24, 2.45) is 0 Å². The average Bonchev–Trinajstić information content (AvgIpc) is 2.47. The van der Waals surface area contributed by atoms with Crippen LogP contribution < -0.4 is 10.7 Å². The van der Waals surface area contributed by atoms with Crippen LogP contribution in [0, 0.1) is 0 Å². The fourth-order valence-electron chi connectivity index (χ4n) is 1.46. The van der Waals surface area contributed by atoms with Crippen molar-refractivity contribution in [3.05, 3.63) is 30.3 Å². The highest BCUT2D eigenvalue weighted by molar-refractivity contribution is 5.80.